The third-order valence-corrected chi connectivity index (χ3v) is 6.99. The molecule has 176 valence electrons. The van der Waals surface area contributed by atoms with Crippen molar-refractivity contribution in [1.29, 1.82) is 0 Å². The molecule has 4 rings (SSSR count). The van der Waals surface area contributed by atoms with Crippen LogP contribution in [0.3, 0.4) is 0 Å². The van der Waals surface area contributed by atoms with Crippen LogP contribution in [0.25, 0.3) is 22.2 Å². The van der Waals surface area contributed by atoms with E-state index in [4.69, 9.17) is 0 Å². The van der Waals surface area contributed by atoms with Gasteiger partial charge in [-0.15, -0.1) is 0 Å². The Balaban J connectivity index is 1.66. The largest absolute Gasteiger partial charge is 0.327 e. The first-order valence-corrected chi connectivity index (χ1v) is 13.0. The van der Waals surface area contributed by atoms with Crippen LogP contribution in [0.4, 0.5) is 14.5 Å². The molecule has 0 amide bonds. The topological polar surface area (TPSA) is 59.8 Å². The van der Waals surface area contributed by atoms with E-state index in [0.717, 1.165) is 11.8 Å². The highest BCUT2D eigenvalue weighted by molar-refractivity contribution is 7.99. The second-order valence-corrected chi connectivity index (χ2v) is 9.36. The molecule has 0 saturated carbocycles. The smallest absolute Gasteiger partial charge is 0.260 e. The molecule has 34 heavy (non-hydrogen) atoms. The van der Waals surface area contributed by atoms with Crippen molar-refractivity contribution in [3.63, 3.8) is 0 Å². The lowest BCUT2D eigenvalue weighted by Gasteiger charge is -2.18. The number of halogens is 2. The molecule has 0 bridgehead atoms. The van der Waals surface area contributed by atoms with Crippen molar-refractivity contribution in [2.45, 2.75) is 37.2 Å². The summed E-state index contributed by atoms with van der Waals surface area (Å²) in [5, 5.41) is 1.31. The fourth-order valence-electron chi connectivity index (χ4n) is 3.57. The molecule has 0 saturated heterocycles. The summed E-state index contributed by atoms with van der Waals surface area (Å²) in [4.78, 5) is 22.4. The van der Waals surface area contributed by atoms with Gasteiger partial charge >= 0.3 is 0 Å². The molecule has 9 heteroatoms. The van der Waals surface area contributed by atoms with Gasteiger partial charge in [0.05, 0.1) is 5.69 Å². The number of pyridine rings is 1. The molecule has 0 aliphatic heterocycles. The number of benzene rings is 2. The van der Waals surface area contributed by atoms with Gasteiger partial charge in [-0.25, -0.2) is 18.7 Å². The number of thioether (sulfide) groups is 1. The van der Waals surface area contributed by atoms with Gasteiger partial charge in [0.2, 0.25) is 0 Å². The van der Waals surface area contributed by atoms with E-state index in [9.17, 15) is 13.6 Å². The predicted molar refractivity (Wildman–Crippen MR) is 137 cm³/mol. The minimum Gasteiger partial charge on any atom is -0.327 e. The molecule has 1 unspecified atom stereocenters. The number of nitrogens with zero attached hydrogens (tertiary/aromatic N) is 3. The van der Waals surface area contributed by atoms with Gasteiger partial charge in [-0.2, -0.15) is 0 Å². The van der Waals surface area contributed by atoms with E-state index in [2.05, 4.69) is 14.7 Å². The summed E-state index contributed by atoms with van der Waals surface area (Å²) in [5.41, 5.74) is 2.01. The normalized spacial score (nSPS) is 12.1. The predicted octanol–water partition coefficient (Wildman–Crippen LogP) is 6.69. The minimum absolute atomic E-state index is 0.0832. The van der Waals surface area contributed by atoms with Crippen molar-refractivity contribution < 1.29 is 8.78 Å². The molecule has 5 nitrogen and oxygen atoms in total. The van der Waals surface area contributed by atoms with Crippen LogP contribution in [0.5, 0.6) is 0 Å². The summed E-state index contributed by atoms with van der Waals surface area (Å²) in [6.07, 6.45) is 4.32. The van der Waals surface area contributed by atoms with Crippen LogP contribution in [-0.4, -0.2) is 20.8 Å². The van der Waals surface area contributed by atoms with Crippen molar-refractivity contribution in [2.75, 3.05) is 11.0 Å². The average Bonchev–Trinajstić information content (AvgIpc) is 2.85. The van der Waals surface area contributed by atoms with E-state index in [1.165, 1.54) is 35.8 Å². The Hall–Kier alpha value is -2.91. The van der Waals surface area contributed by atoms with Crippen LogP contribution in [0.15, 0.2) is 64.7 Å². The zero-order valence-electron chi connectivity index (χ0n) is 19.0. The Morgan fingerprint density at radius 2 is 1.91 bits per heavy atom. The van der Waals surface area contributed by atoms with Gasteiger partial charge in [-0.3, -0.25) is 9.36 Å². The van der Waals surface area contributed by atoms with Crippen LogP contribution < -0.4 is 10.3 Å². The molecule has 0 spiro atoms. The molecule has 1 N–H and O–H groups in total. The van der Waals surface area contributed by atoms with Gasteiger partial charge < -0.3 is 4.72 Å². The third kappa shape index (κ3) is 4.95. The number of anilines is 1. The summed E-state index contributed by atoms with van der Waals surface area (Å²) in [6, 6.07) is 12.7. The molecule has 0 aliphatic rings. The zero-order chi connectivity index (χ0) is 24.2. The summed E-state index contributed by atoms with van der Waals surface area (Å²) >= 11 is 2.60. The average molecular weight is 499 g/mol. The maximum absolute atomic E-state index is 14.9. The van der Waals surface area contributed by atoms with Crippen LogP contribution in [0.2, 0.25) is 0 Å². The quantitative estimate of drug-likeness (QED) is 0.166. The van der Waals surface area contributed by atoms with Crippen LogP contribution in [0.1, 0.15) is 31.9 Å². The Morgan fingerprint density at radius 1 is 1.12 bits per heavy atom. The second-order valence-electron chi connectivity index (χ2n) is 7.80. The van der Waals surface area contributed by atoms with Crippen molar-refractivity contribution in [2.24, 2.45) is 0 Å². The fraction of sp³-hybridized carbons (Fsp3) is 0.240. The lowest BCUT2D eigenvalue weighted by atomic mass is 10.0. The molecular formula is C25H24F2N4OS2. The monoisotopic (exact) mass is 498 g/mol. The van der Waals surface area contributed by atoms with E-state index in [0.29, 0.717) is 33.2 Å². The van der Waals surface area contributed by atoms with Crippen LogP contribution >= 0.6 is 23.7 Å². The molecular weight excluding hydrogens is 474 g/mol. The second kappa shape index (κ2) is 10.6. The SMILES string of the molecule is CCC(C)n1c(=O)c(-c2ccc(NSCc3ccccc3F)c(F)c2)cc2cnc(SC)nc21. The highest BCUT2D eigenvalue weighted by Gasteiger charge is 2.17. The minimum atomic E-state index is -0.498. The van der Waals surface area contributed by atoms with E-state index in [-0.39, 0.29) is 23.1 Å². The van der Waals surface area contributed by atoms with E-state index >= 15 is 0 Å². The lowest BCUT2D eigenvalue weighted by Crippen LogP contribution is -2.25. The highest BCUT2D eigenvalue weighted by Crippen LogP contribution is 2.28. The van der Waals surface area contributed by atoms with Crippen molar-refractivity contribution in [1.82, 2.24) is 14.5 Å². The Bertz CT molecular complexity index is 1390. The lowest BCUT2D eigenvalue weighted by molar-refractivity contribution is 0.527. The van der Waals surface area contributed by atoms with Crippen LogP contribution in [0, 0.1) is 11.6 Å². The van der Waals surface area contributed by atoms with Gasteiger partial charge in [-0.05, 0) is 66.9 Å². The van der Waals surface area contributed by atoms with E-state index in [1.807, 2.05) is 20.1 Å². The van der Waals surface area contributed by atoms with Crippen molar-refractivity contribution in [3.8, 4) is 11.1 Å². The van der Waals surface area contributed by atoms with Crippen LogP contribution in [-0.2, 0) is 5.75 Å². The van der Waals surface area contributed by atoms with Gasteiger partial charge in [0.25, 0.3) is 5.56 Å². The molecule has 4 aromatic rings. The number of hydrogen-bond acceptors (Lipinski definition) is 6. The zero-order valence-corrected chi connectivity index (χ0v) is 20.6. The molecule has 0 aliphatic carbocycles. The van der Waals surface area contributed by atoms with Gasteiger partial charge in [0.15, 0.2) is 5.16 Å². The molecule has 0 fully saturated rings. The van der Waals surface area contributed by atoms with E-state index < -0.39 is 5.82 Å². The Labute approximate surface area is 205 Å². The molecule has 1 atom stereocenters. The molecule has 2 heterocycles. The fourth-order valence-corrected chi connectivity index (χ4v) is 4.69. The van der Waals surface area contributed by atoms with Gasteiger partial charge in [0, 0.05) is 28.9 Å². The first-order chi connectivity index (χ1) is 16.4. The van der Waals surface area contributed by atoms with Crippen molar-refractivity contribution in [3.05, 3.63) is 82.3 Å². The Kier molecular flexibility index (Phi) is 7.53. The Morgan fingerprint density at radius 3 is 2.62 bits per heavy atom. The number of aromatic nitrogens is 3. The van der Waals surface area contributed by atoms with Crippen molar-refractivity contribution >= 4 is 40.4 Å². The highest BCUT2D eigenvalue weighted by atomic mass is 32.2. The van der Waals surface area contributed by atoms with Gasteiger partial charge in [-0.1, -0.05) is 43.0 Å². The standard InChI is InChI=1S/C25H24F2N4OS2/c1-4-15(2)31-23-18(13-28-25(29-23)33-3)11-19(24(31)32)16-9-10-22(21(27)12-16)30-34-14-17-7-5-6-8-20(17)26/h5-13,15,30H,4,14H2,1-3H3. The third-order valence-electron chi connectivity index (χ3n) is 5.61. The maximum atomic E-state index is 14.9. The summed E-state index contributed by atoms with van der Waals surface area (Å²) < 4.78 is 33.3. The number of rotatable bonds is 8. The number of fused-ring (bicyclic) bond motifs is 1. The first kappa shape index (κ1) is 24.2. The summed E-state index contributed by atoms with van der Waals surface area (Å²) in [5.74, 6) is -0.451. The molecule has 0 radical (unpaired) electrons. The number of hydrogen-bond donors (Lipinski definition) is 1. The molecule has 2 aromatic heterocycles. The van der Waals surface area contributed by atoms with Gasteiger partial charge in [0.1, 0.15) is 17.3 Å². The summed E-state index contributed by atoms with van der Waals surface area (Å²) in [6.45, 7) is 3.97. The maximum Gasteiger partial charge on any atom is 0.260 e. The molecule has 2 aromatic carbocycles. The first-order valence-electron chi connectivity index (χ1n) is 10.8. The number of nitrogens with one attached hydrogen (secondary N) is 1. The summed E-state index contributed by atoms with van der Waals surface area (Å²) in [7, 11) is 0. The van der Waals surface area contributed by atoms with E-state index in [1.54, 1.807) is 47.2 Å².